The van der Waals surface area contributed by atoms with Crippen molar-refractivity contribution in [3.8, 4) is 0 Å². The molecule has 0 spiro atoms. The van der Waals surface area contributed by atoms with Crippen LogP contribution in [0.15, 0.2) is 11.8 Å². The largest absolute Gasteiger partial charge is 0.396 e. The summed E-state index contributed by atoms with van der Waals surface area (Å²) in [6.45, 7) is 2.33. The van der Waals surface area contributed by atoms with Gasteiger partial charge in [0.1, 0.15) is 0 Å². The molecule has 0 amide bonds. The van der Waals surface area contributed by atoms with Gasteiger partial charge in [-0.05, 0) is 44.1 Å². The second-order valence-corrected chi connectivity index (χ2v) is 4.90. The van der Waals surface area contributed by atoms with Gasteiger partial charge in [0.25, 0.3) is 0 Å². The van der Waals surface area contributed by atoms with Gasteiger partial charge >= 0.3 is 0 Å². The molecule has 2 rings (SSSR count). The van der Waals surface area contributed by atoms with Crippen molar-refractivity contribution >= 4 is 5.71 Å². The van der Waals surface area contributed by atoms with Crippen molar-refractivity contribution in [1.29, 1.82) is 5.41 Å². The molecule has 0 aromatic rings. The molecule has 84 valence electrons. The lowest BCUT2D eigenvalue weighted by atomic mass is 9.81. The molecule has 3 N–H and O–H groups in total. The Morgan fingerprint density at radius 1 is 1.47 bits per heavy atom. The highest BCUT2D eigenvalue weighted by molar-refractivity contribution is 6.00. The molecule has 2 saturated carbocycles. The Morgan fingerprint density at radius 2 is 2.13 bits per heavy atom. The Labute approximate surface area is 91.1 Å². The van der Waals surface area contributed by atoms with E-state index < -0.39 is 0 Å². The lowest BCUT2D eigenvalue weighted by molar-refractivity contribution is 0.133. The van der Waals surface area contributed by atoms with E-state index in [0.717, 1.165) is 24.1 Å². The van der Waals surface area contributed by atoms with Crippen LogP contribution in [-0.2, 0) is 0 Å². The Morgan fingerprint density at radius 3 is 2.67 bits per heavy atom. The molecule has 0 unspecified atom stereocenters. The third-order valence-electron chi connectivity index (χ3n) is 3.44. The van der Waals surface area contributed by atoms with E-state index in [-0.39, 0.29) is 0 Å². The summed E-state index contributed by atoms with van der Waals surface area (Å²) in [5.41, 5.74) is 1.88. The number of aliphatic hydroxyl groups excluding tert-OH is 1. The van der Waals surface area contributed by atoms with Gasteiger partial charge in [0.15, 0.2) is 0 Å². The summed E-state index contributed by atoms with van der Waals surface area (Å²) in [6, 6.07) is 0.518. The SMILES string of the molecule is C/C(=C/NC1CC(CO)C1)C(=N)C1CC1. The minimum Gasteiger partial charge on any atom is -0.396 e. The van der Waals surface area contributed by atoms with Gasteiger partial charge in [0.05, 0.1) is 0 Å². The third kappa shape index (κ3) is 2.59. The first kappa shape index (κ1) is 10.7. The minimum atomic E-state index is 0.318. The molecule has 0 radical (unpaired) electrons. The van der Waals surface area contributed by atoms with Crippen molar-refractivity contribution in [2.75, 3.05) is 6.61 Å². The van der Waals surface area contributed by atoms with Gasteiger partial charge in [-0.2, -0.15) is 0 Å². The summed E-state index contributed by atoms with van der Waals surface area (Å²) < 4.78 is 0. The van der Waals surface area contributed by atoms with Crippen molar-refractivity contribution in [2.45, 2.75) is 38.6 Å². The summed E-state index contributed by atoms with van der Waals surface area (Å²) in [4.78, 5) is 0. The van der Waals surface area contributed by atoms with Crippen LogP contribution in [0.4, 0.5) is 0 Å². The Kier molecular flexibility index (Phi) is 3.10. The third-order valence-corrected chi connectivity index (χ3v) is 3.44. The van der Waals surface area contributed by atoms with Crippen LogP contribution in [0.1, 0.15) is 32.6 Å². The van der Waals surface area contributed by atoms with Gasteiger partial charge in [-0.15, -0.1) is 0 Å². The molecule has 2 fully saturated rings. The van der Waals surface area contributed by atoms with Crippen LogP contribution in [0.3, 0.4) is 0 Å². The van der Waals surface area contributed by atoms with Crippen molar-refractivity contribution in [3.63, 3.8) is 0 Å². The van der Waals surface area contributed by atoms with Crippen molar-refractivity contribution in [3.05, 3.63) is 11.8 Å². The van der Waals surface area contributed by atoms with Crippen LogP contribution in [0.2, 0.25) is 0 Å². The molecule has 0 heterocycles. The molecule has 0 aromatic carbocycles. The minimum absolute atomic E-state index is 0.318. The normalized spacial score (nSPS) is 30.9. The summed E-state index contributed by atoms with van der Waals surface area (Å²) in [6.07, 6.45) is 6.51. The van der Waals surface area contributed by atoms with Gasteiger partial charge in [-0.25, -0.2) is 0 Å². The average Bonchev–Trinajstić information content (AvgIpc) is 2.97. The highest BCUT2D eigenvalue weighted by atomic mass is 16.3. The monoisotopic (exact) mass is 208 g/mol. The first-order valence-corrected chi connectivity index (χ1v) is 5.83. The number of hydrogen-bond donors (Lipinski definition) is 3. The lowest BCUT2D eigenvalue weighted by Crippen LogP contribution is -2.40. The van der Waals surface area contributed by atoms with E-state index in [0.29, 0.717) is 24.5 Å². The zero-order chi connectivity index (χ0) is 10.8. The number of rotatable bonds is 5. The summed E-state index contributed by atoms with van der Waals surface area (Å²) in [5, 5.41) is 20.1. The maximum Gasteiger partial charge on any atom is 0.0460 e. The van der Waals surface area contributed by atoms with Crippen LogP contribution >= 0.6 is 0 Å². The standard InChI is InChI=1S/C12H20N2O/c1-8(12(13)10-2-3-10)6-14-11-4-9(5-11)7-15/h6,9-11,13-15H,2-5,7H2,1H3/b8-6-,13-12?. The van der Waals surface area contributed by atoms with Crippen LogP contribution in [0.25, 0.3) is 0 Å². The maximum atomic E-state index is 8.87. The quantitative estimate of drug-likeness (QED) is 0.602. The molecular weight excluding hydrogens is 188 g/mol. The Hall–Kier alpha value is -0.830. The second-order valence-electron chi connectivity index (χ2n) is 4.90. The fraction of sp³-hybridized carbons (Fsp3) is 0.750. The highest BCUT2D eigenvalue weighted by Crippen LogP contribution is 2.32. The van der Waals surface area contributed by atoms with Crippen LogP contribution in [-0.4, -0.2) is 23.5 Å². The summed E-state index contributed by atoms with van der Waals surface area (Å²) in [7, 11) is 0. The van der Waals surface area contributed by atoms with Crippen LogP contribution in [0.5, 0.6) is 0 Å². The smallest absolute Gasteiger partial charge is 0.0460 e. The lowest BCUT2D eigenvalue weighted by Gasteiger charge is -2.34. The van der Waals surface area contributed by atoms with E-state index in [1.807, 2.05) is 13.1 Å². The Balaban J connectivity index is 1.71. The molecule has 0 bridgehead atoms. The molecule has 0 aromatic heterocycles. The molecule has 0 aliphatic heterocycles. The van der Waals surface area contributed by atoms with Gasteiger partial charge in [-0.1, -0.05) is 0 Å². The van der Waals surface area contributed by atoms with Crippen molar-refractivity contribution in [2.24, 2.45) is 11.8 Å². The number of hydrogen-bond acceptors (Lipinski definition) is 3. The molecule has 3 heteroatoms. The predicted molar refractivity (Wildman–Crippen MR) is 60.9 cm³/mol. The fourth-order valence-electron chi connectivity index (χ4n) is 2.04. The number of aliphatic hydroxyl groups is 1. The summed E-state index contributed by atoms with van der Waals surface area (Å²) >= 11 is 0. The zero-order valence-electron chi connectivity index (χ0n) is 9.29. The molecule has 2 aliphatic carbocycles. The van der Waals surface area contributed by atoms with Crippen molar-refractivity contribution < 1.29 is 5.11 Å². The van der Waals surface area contributed by atoms with Crippen molar-refractivity contribution in [1.82, 2.24) is 5.32 Å². The summed E-state index contributed by atoms with van der Waals surface area (Å²) in [5.74, 6) is 1.04. The van der Waals surface area contributed by atoms with E-state index in [9.17, 15) is 0 Å². The second kappa shape index (κ2) is 4.35. The van der Waals surface area contributed by atoms with E-state index in [4.69, 9.17) is 10.5 Å². The van der Waals surface area contributed by atoms with Gasteiger partial charge in [0, 0.05) is 30.5 Å². The Bertz CT molecular complexity index is 275. The molecule has 15 heavy (non-hydrogen) atoms. The van der Waals surface area contributed by atoms with Crippen LogP contribution in [0, 0.1) is 17.2 Å². The molecule has 2 aliphatic rings. The number of allylic oxidation sites excluding steroid dienone is 1. The highest BCUT2D eigenvalue weighted by Gasteiger charge is 2.29. The number of nitrogens with one attached hydrogen (secondary N) is 2. The topological polar surface area (TPSA) is 56.1 Å². The first-order chi connectivity index (χ1) is 7.20. The molecular formula is C12H20N2O. The van der Waals surface area contributed by atoms with Gasteiger partial charge in [0.2, 0.25) is 0 Å². The molecule has 0 atom stereocenters. The first-order valence-electron chi connectivity index (χ1n) is 5.83. The average molecular weight is 208 g/mol. The molecule has 0 saturated heterocycles. The predicted octanol–water partition coefficient (Wildman–Crippen LogP) is 1.68. The van der Waals surface area contributed by atoms with E-state index >= 15 is 0 Å². The van der Waals surface area contributed by atoms with Gasteiger partial charge < -0.3 is 15.8 Å². The van der Waals surface area contributed by atoms with Crippen LogP contribution < -0.4 is 5.32 Å². The maximum absolute atomic E-state index is 8.87. The van der Waals surface area contributed by atoms with E-state index in [1.165, 1.54) is 12.8 Å². The fourth-order valence-corrected chi connectivity index (χ4v) is 2.04. The zero-order valence-corrected chi connectivity index (χ0v) is 9.29. The van der Waals surface area contributed by atoms with E-state index in [1.54, 1.807) is 0 Å². The molecule has 3 nitrogen and oxygen atoms in total. The van der Waals surface area contributed by atoms with E-state index in [2.05, 4.69) is 5.32 Å². The van der Waals surface area contributed by atoms with Gasteiger partial charge in [-0.3, -0.25) is 0 Å².